The minimum atomic E-state index is -0.170. The lowest BCUT2D eigenvalue weighted by Crippen LogP contribution is -2.23. The number of fused-ring (bicyclic) bond motifs is 2. The van der Waals surface area contributed by atoms with Gasteiger partial charge in [-0.15, -0.1) is 0 Å². The maximum Gasteiger partial charge on any atom is 0.196 e. The largest absolute Gasteiger partial charge is 0.395 e. The van der Waals surface area contributed by atoms with E-state index in [-0.39, 0.29) is 18.2 Å². The number of hydrogen-bond acceptors (Lipinski definition) is 6. The molecule has 0 radical (unpaired) electrons. The van der Waals surface area contributed by atoms with Crippen LogP contribution in [0.25, 0.3) is 0 Å². The Bertz CT molecular complexity index is 1090. The van der Waals surface area contributed by atoms with E-state index in [2.05, 4.69) is 16.0 Å². The van der Waals surface area contributed by atoms with Crippen LogP contribution in [0.5, 0.6) is 0 Å². The first-order valence-electron chi connectivity index (χ1n) is 9.39. The van der Waals surface area contributed by atoms with Crippen LogP contribution in [0, 0.1) is 0 Å². The molecule has 0 bridgehead atoms. The predicted molar refractivity (Wildman–Crippen MR) is 115 cm³/mol. The number of aliphatic hydroxyl groups is 1. The first kappa shape index (κ1) is 18.7. The highest BCUT2D eigenvalue weighted by atomic mass is 16.3. The van der Waals surface area contributed by atoms with E-state index in [1.54, 1.807) is 37.4 Å². The highest BCUT2D eigenvalue weighted by Crippen LogP contribution is 2.37. The van der Waals surface area contributed by atoms with Crippen LogP contribution in [-0.4, -0.2) is 36.9 Å². The summed E-state index contributed by atoms with van der Waals surface area (Å²) in [6.45, 7) is 0.531. The molecule has 0 heterocycles. The van der Waals surface area contributed by atoms with E-state index in [0.29, 0.717) is 40.2 Å². The maximum atomic E-state index is 13.3. The van der Waals surface area contributed by atoms with Gasteiger partial charge < -0.3 is 21.1 Å². The Balaban J connectivity index is 1.75. The molecule has 0 amide bonds. The van der Waals surface area contributed by atoms with Crippen molar-refractivity contribution in [2.24, 2.45) is 0 Å². The second-order valence-corrected chi connectivity index (χ2v) is 6.72. The zero-order chi connectivity index (χ0) is 20.4. The Morgan fingerprint density at radius 1 is 0.759 bits per heavy atom. The number of ketones is 2. The third kappa shape index (κ3) is 3.34. The smallest absolute Gasteiger partial charge is 0.196 e. The van der Waals surface area contributed by atoms with Gasteiger partial charge in [-0.2, -0.15) is 0 Å². The molecule has 0 aliphatic heterocycles. The number of anilines is 4. The van der Waals surface area contributed by atoms with Gasteiger partial charge in [-0.25, -0.2) is 0 Å². The molecule has 0 saturated carbocycles. The second-order valence-electron chi connectivity index (χ2n) is 6.72. The molecule has 0 fully saturated rings. The summed E-state index contributed by atoms with van der Waals surface area (Å²) in [6, 6.07) is 18.0. The summed E-state index contributed by atoms with van der Waals surface area (Å²) in [4.78, 5) is 26.4. The second kappa shape index (κ2) is 7.77. The summed E-state index contributed by atoms with van der Waals surface area (Å²) in [5.74, 6) is -0.331. The average molecular weight is 387 g/mol. The van der Waals surface area contributed by atoms with Crippen LogP contribution >= 0.6 is 0 Å². The molecule has 0 atom stereocenters. The molecule has 0 aromatic heterocycles. The Hall–Kier alpha value is -3.64. The summed E-state index contributed by atoms with van der Waals surface area (Å²) in [5, 5.41) is 18.3. The Kier molecular flexibility index (Phi) is 5.01. The maximum absolute atomic E-state index is 13.3. The minimum absolute atomic E-state index is 0.0571. The van der Waals surface area contributed by atoms with Crippen LogP contribution in [0.1, 0.15) is 31.8 Å². The molecule has 0 spiro atoms. The van der Waals surface area contributed by atoms with Crippen LogP contribution in [0.3, 0.4) is 0 Å². The van der Waals surface area contributed by atoms with E-state index in [9.17, 15) is 9.59 Å². The highest BCUT2D eigenvalue weighted by molar-refractivity contribution is 6.32. The standard InChI is InChI=1S/C23H21N3O3/c1-24-18-10-11-19(26-15-8-6-14(7-9-15)25-12-13-27)21-20(18)22(28)16-4-2-3-5-17(16)23(21)29/h2-11,24-27H,12-13H2,1H3. The molecule has 146 valence electrons. The van der Waals surface area contributed by atoms with Gasteiger partial charge in [0, 0.05) is 41.8 Å². The minimum Gasteiger partial charge on any atom is -0.395 e. The topological polar surface area (TPSA) is 90.5 Å². The summed E-state index contributed by atoms with van der Waals surface area (Å²) < 4.78 is 0. The fourth-order valence-electron chi connectivity index (χ4n) is 3.56. The molecular formula is C23H21N3O3. The van der Waals surface area contributed by atoms with Gasteiger partial charge in [0.2, 0.25) is 0 Å². The summed E-state index contributed by atoms with van der Waals surface area (Å²) >= 11 is 0. The number of nitrogens with one attached hydrogen (secondary N) is 3. The number of aliphatic hydroxyl groups excluding tert-OH is 1. The molecule has 6 heteroatoms. The van der Waals surface area contributed by atoms with E-state index >= 15 is 0 Å². The van der Waals surface area contributed by atoms with Gasteiger partial charge in [-0.05, 0) is 36.4 Å². The van der Waals surface area contributed by atoms with Crippen molar-refractivity contribution in [1.82, 2.24) is 0 Å². The number of hydrogen-bond donors (Lipinski definition) is 4. The van der Waals surface area contributed by atoms with Gasteiger partial charge in [-0.3, -0.25) is 9.59 Å². The third-order valence-corrected chi connectivity index (χ3v) is 4.95. The van der Waals surface area contributed by atoms with Crippen molar-refractivity contribution in [2.75, 3.05) is 36.1 Å². The van der Waals surface area contributed by atoms with Crippen molar-refractivity contribution in [1.29, 1.82) is 0 Å². The van der Waals surface area contributed by atoms with Crippen LogP contribution in [0.4, 0.5) is 22.7 Å². The lowest BCUT2D eigenvalue weighted by atomic mass is 9.82. The molecular weight excluding hydrogens is 366 g/mol. The van der Waals surface area contributed by atoms with Crippen molar-refractivity contribution in [3.05, 3.63) is 82.9 Å². The quantitative estimate of drug-likeness (QED) is 0.404. The Morgan fingerprint density at radius 2 is 1.31 bits per heavy atom. The first-order chi connectivity index (χ1) is 14.1. The molecule has 3 aromatic rings. The first-order valence-corrected chi connectivity index (χ1v) is 9.39. The number of rotatable bonds is 6. The number of carbonyl (C=O) groups excluding carboxylic acids is 2. The molecule has 1 aliphatic carbocycles. The SMILES string of the molecule is CNc1ccc(Nc2ccc(NCCO)cc2)c2c1C(=O)c1ccccc1C2=O. The molecule has 0 unspecified atom stereocenters. The van der Waals surface area contributed by atoms with Crippen molar-refractivity contribution < 1.29 is 14.7 Å². The summed E-state index contributed by atoms with van der Waals surface area (Å²) in [7, 11) is 1.74. The zero-order valence-corrected chi connectivity index (χ0v) is 16.0. The zero-order valence-electron chi connectivity index (χ0n) is 16.0. The van der Waals surface area contributed by atoms with Gasteiger partial charge in [-0.1, -0.05) is 24.3 Å². The van der Waals surface area contributed by atoms with Crippen LogP contribution < -0.4 is 16.0 Å². The van der Waals surface area contributed by atoms with Gasteiger partial charge in [0.05, 0.1) is 23.4 Å². The van der Waals surface area contributed by atoms with Crippen LogP contribution in [0.2, 0.25) is 0 Å². The Morgan fingerprint density at radius 3 is 1.90 bits per heavy atom. The fourth-order valence-corrected chi connectivity index (χ4v) is 3.56. The van der Waals surface area contributed by atoms with E-state index in [4.69, 9.17) is 5.11 Å². The van der Waals surface area contributed by atoms with E-state index in [1.165, 1.54) is 0 Å². The summed E-state index contributed by atoms with van der Waals surface area (Å²) in [6.07, 6.45) is 0. The van der Waals surface area contributed by atoms with Crippen molar-refractivity contribution in [2.45, 2.75) is 0 Å². The van der Waals surface area contributed by atoms with E-state index < -0.39 is 0 Å². The Labute approximate surface area is 168 Å². The lowest BCUT2D eigenvalue weighted by Gasteiger charge is -2.23. The molecule has 0 saturated heterocycles. The molecule has 29 heavy (non-hydrogen) atoms. The van der Waals surface area contributed by atoms with Gasteiger partial charge >= 0.3 is 0 Å². The average Bonchev–Trinajstić information content (AvgIpc) is 2.76. The molecule has 1 aliphatic rings. The van der Waals surface area contributed by atoms with Crippen LogP contribution in [0.15, 0.2) is 60.7 Å². The van der Waals surface area contributed by atoms with Gasteiger partial charge in [0.25, 0.3) is 0 Å². The van der Waals surface area contributed by atoms with Gasteiger partial charge in [0.1, 0.15) is 0 Å². The molecule has 3 aromatic carbocycles. The molecule has 4 rings (SSSR count). The highest BCUT2D eigenvalue weighted by Gasteiger charge is 2.33. The van der Waals surface area contributed by atoms with Crippen molar-refractivity contribution in [3.8, 4) is 0 Å². The lowest BCUT2D eigenvalue weighted by molar-refractivity contribution is 0.0980. The van der Waals surface area contributed by atoms with Crippen molar-refractivity contribution in [3.63, 3.8) is 0 Å². The van der Waals surface area contributed by atoms with Crippen molar-refractivity contribution >= 4 is 34.3 Å². The molecule has 6 nitrogen and oxygen atoms in total. The number of benzene rings is 3. The monoisotopic (exact) mass is 387 g/mol. The van der Waals surface area contributed by atoms with E-state index in [0.717, 1.165) is 11.4 Å². The third-order valence-electron chi connectivity index (χ3n) is 4.95. The normalized spacial score (nSPS) is 12.2. The fraction of sp³-hybridized carbons (Fsp3) is 0.130. The summed E-state index contributed by atoms with van der Waals surface area (Å²) in [5.41, 5.74) is 4.51. The molecule has 4 N–H and O–H groups in total. The van der Waals surface area contributed by atoms with Crippen LogP contribution in [-0.2, 0) is 0 Å². The predicted octanol–water partition coefficient (Wildman–Crippen LogP) is 3.65. The number of carbonyl (C=O) groups is 2. The van der Waals surface area contributed by atoms with E-state index in [1.807, 2.05) is 30.3 Å². The van der Waals surface area contributed by atoms with Gasteiger partial charge in [0.15, 0.2) is 11.6 Å².